The fourth-order valence-electron chi connectivity index (χ4n) is 2.05. The van der Waals surface area contributed by atoms with Gasteiger partial charge in [0.1, 0.15) is 6.04 Å². The van der Waals surface area contributed by atoms with Gasteiger partial charge in [0.05, 0.1) is 7.11 Å². The summed E-state index contributed by atoms with van der Waals surface area (Å²) in [6, 6.07) is -0.315. The van der Waals surface area contributed by atoms with Crippen LogP contribution in [0, 0.1) is 5.92 Å². The fourth-order valence-corrected chi connectivity index (χ4v) is 2.05. The number of carbonyl (C=O) groups excluding carboxylic acids is 2. The van der Waals surface area contributed by atoms with E-state index in [-0.39, 0.29) is 5.91 Å². The zero-order chi connectivity index (χ0) is 14.1. The average Bonchev–Trinajstić information content (AvgIpc) is 2.34. The van der Waals surface area contributed by atoms with Crippen molar-refractivity contribution in [1.82, 2.24) is 10.6 Å². The first-order valence-corrected chi connectivity index (χ1v) is 6.54. The number of amides is 1. The summed E-state index contributed by atoms with van der Waals surface area (Å²) < 4.78 is 4.67. The molecule has 0 aromatic carbocycles. The van der Waals surface area contributed by atoms with Gasteiger partial charge in [-0.1, -0.05) is 26.7 Å². The van der Waals surface area contributed by atoms with Crippen LogP contribution in [0.4, 0.5) is 0 Å². The van der Waals surface area contributed by atoms with E-state index >= 15 is 0 Å². The minimum Gasteiger partial charge on any atom is -0.467 e. The molecule has 106 valence electrons. The van der Waals surface area contributed by atoms with Crippen LogP contribution in [0.1, 0.15) is 40.5 Å². The Labute approximate surface area is 110 Å². The maximum absolute atomic E-state index is 11.5. The zero-order valence-electron chi connectivity index (χ0n) is 12.1. The Kier molecular flexibility index (Phi) is 8.37. The fraction of sp³-hybridized carbons (Fsp3) is 0.846. The Bertz CT molecular complexity index is 265. The normalized spacial score (nSPS) is 14.1. The Hall–Kier alpha value is -1.10. The molecule has 0 aromatic rings. The van der Waals surface area contributed by atoms with E-state index in [1.807, 2.05) is 0 Å². The van der Waals surface area contributed by atoms with Gasteiger partial charge in [-0.15, -0.1) is 0 Å². The highest BCUT2D eigenvalue weighted by Gasteiger charge is 2.22. The Morgan fingerprint density at radius 2 is 1.78 bits per heavy atom. The third-order valence-electron chi connectivity index (χ3n) is 3.26. The molecule has 0 saturated carbocycles. The van der Waals surface area contributed by atoms with Crippen molar-refractivity contribution in [2.24, 2.45) is 5.92 Å². The molecule has 0 radical (unpaired) electrons. The van der Waals surface area contributed by atoms with Gasteiger partial charge >= 0.3 is 5.97 Å². The van der Waals surface area contributed by atoms with Gasteiger partial charge in [0.2, 0.25) is 5.91 Å². The van der Waals surface area contributed by atoms with Crippen molar-refractivity contribution < 1.29 is 14.3 Å². The van der Waals surface area contributed by atoms with Gasteiger partial charge in [-0.05, 0) is 12.8 Å². The molecule has 5 nitrogen and oxygen atoms in total. The monoisotopic (exact) mass is 258 g/mol. The van der Waals surface area contributed by atoms with Crippen LogP contribution in [0.3, 0.4) is 0 Å². The molecule has 0 aliphatic heterocycles. The lowest BCUT2D eigenvalue weighted by atomic mass is 9.95. The number of methoxy groups -OCH3 is 1. The van der Waals surface area contributed by atoms with Crippen LogP contribution in [0.2, 0.25) is 0 Å². The van der Waals surface area contributed by atoms with Crippen molar-refractivity contribution in [2.75, 3.05) is 13.7 Å². The second kappa shape index (κ2) is 8.91. The zero-order valence-corrected chi connectivity index (χ0v) is 12.1. The third kappa shape index (κ3) is 6.00. The van der Waals surface area contributed by atoms with Gasteiger partial charge in [0.15, 0.2) is 0 Å². The maximum Gasteiger partial charge on any atom is 0.329 e. The average molecular weight is 258 g/mol. The molecule has 18 heavy (non-hydrogen) atoms. The predicted octanol–water partition coefficient (Wildman–Crippen LogP) is 1.08. The summed E-state index contributed by atoms with van der Waals surface area (Å²) in [4.78, 5) is 22.5. The van der Waals surface area contributed by atoms with Gasteiger partial charge in [0, 0.05) is 19.5 Å². The number of carbonyl (C=O) groups is 2. The molecule has 2 unspecified atom stereocenters. The Morgan fingerprint density at radius 1 is 1.22 bits per heavy atom. The third-order valence-corrected chi connectivity index (χ3v) is 3.26. The molecular formula is C13H26N2O3. The van der Waals surface area contributed by atoms with Gasteiger partial charge in [-0.2, -0.15) is 0 Å². The van der Waals surface area contributed by atoms with E-state index in [0.717, 1.165) is 12.8 Å². The van der Waals surface area contributed by atoms with Gasteiger partial charge in [0.25, 0.3) is 0 Å². The molecule has 0 aromatic heterocycles. The quantitative estimate of drug-likeness (QED) is 0.639. The van der Waals surface area contributed by atoms with Gasteiger partial charge in [-0.25, -0.2) is 4.79 Å². The lowest BCUT2D eigenvalue weighted by molar-refractivity contribution is -0.144. The topological polar surface area (TPSA) is 67.4 Å². The first-order chi connectivity index (χ1) is 8.46. The molecule has 0 spiro atoms. The summed E-state index contributed by atoms with van der Waals surface area (Å²) in [7, 11) is 1.32. The standard InChI is InChI=1S/C13H26N2O3/c1-6-11(7-2)9(3)14-8-12(13(17)18-5)15-10(4)16/h9,11-12,14H,6-8H2,1-5H3,(H,15,16). The first kappa shape index (κ1) is 16.9. The first-order valence-electron chi connectivity index (χ1n) is 6.54. The van der Waals surface area contributed by atoms with Crippen molar-refractivity contribution in [3.63, 3.8) is 0 Å². The van der Waals surface area contributed by atoms with Crippen LogP contribution >= 0.6 is 0 Å². The molecule has 1 amide bonds. The highest BCUT2D eigenvalue weighted by molar-refractivity contribution is 5.83. The highest BCUT2D eigenvalue weighted by atomic mass is 16.5. The van der Waals surface area contributed by atoms with E-state index in [4.69, 9.17) is 0 Å². The summed E-state index contributed by atoms with van der Waals surface area (Å²) in [5, 5.41) is 5.87. The molecular weight excluding hydrogens is 232 g/mol. The molecule has 0 fully saturated rings. The van der Waals surface area contributed by atoms with E-state index in [1.54, 1.807) is 0 Å². The summed E-state index contributed by atoms with van der Waals surface area (Å²) in [5.74, 6) is -0.0857. The molecule has 0 rings (SSSR count). The number of hydrogen-bond donors (Lipinski definition) is 2. The van der Waals surface area contributed by atoms with E-state index in [1.165, 1.54) is 14.0 Å². The second-order valence-electron chi connectivity index (χ2n) is 4.55. The summed E-state index contributed by atoms with van der Waals surface area (Å²) in [6.07, 6.45) is 2.18. The molecule has 0 aliphatic rings. The Balaban J connectivity index is 4.33. The van der Waals surface area contributed by atoms with Crippen LogP contribution in [-0.4, -0.2) is 37.6 Å². The highest BCUT2D eigenvalue weighted by Crippen LogP contribution is 2.12. The van der Waals surface area contributed by atoms with Crippen molar-refractivity contribution in [2.45, 2.75) is 52.6 Å². The predicted molar refractivity (Wildman–Crippen MR) is 71.2 cm³/mol. The number of nitrogens with one attached hydrogen (secondary N) is 2. The minimum atomic E-state index is -0.621. The van der Waals surface area contributed by atoms with Crippen molar-refractivity contribution >= 4 is 11.9 Å². The lowest BCUT2D eigenvalue weighted by Crippen LogP contribution is -2.49. The molecule has 0 bridgehead atoms. The maximum atomic E-state index is 11.5. The lowest BCUT2D eigenvalue weighted by Gasteiger charge is -2.25. The van der Waals surface area contributed by atoms with Crippen LogP contribution < -0.4 is 10.6 Å². The number of esters is 1. The summed E-state index contributed by atoms with van der Waals surface area (Å²) >= 11 is 0. The molecule has 5 heteroatoms. The van der Waals surface area contributed by atoms with Crippen LogP contribution in [-0.2, 0) is 14.3 Å². The van der Waals surface area contributed by atoms with Crippen molar-refractivity contribution in [3.05, 3.63) is 0 Å². The summed E-state index contributed by atoms with van der Waals surface area (Å²) in [5.41, 5.74) is 0. The number of ether oxygens (including phenoxy) is 1. The van der Waals surface area contributed by atoms with E-state index in [9.17, 15) is 9.59 Å². The Morgan fingerprint density at radius 3 is 2.17 bits per heavy atom. The molecule has 0 saturated heterocycles. The molecule has 0 aliphatic carbocycles. The second-order valence-corrected chi connectivity index (χ2v) is 4.55. The van der Waals surface area contributed by atoms with Crippen LogP contribution in [0.15, 0.2) is 0 Å². The van der Waals surface area contributed by atoms with Crippen molar-refractivity contribution in [1.29, 1.82) is 0 Å². The smallest absolute Gasteiger partial charge is 0.329 e. The van der Waals surface area contributed by atoms with E-state index in [0.29, 0.717) is 18.5 Å². The number of hydrogen-bond acceptors (Lipinski definition) is 4. The minimum absolute atomic E-state index is 0.234. The number of rotatable bonds is 8. The van der Waals surface area contributed by atoms with E-state index < -0.39 is 12.0 Å². The molecule has 2 N–H and O–H groups in total. The van der Waals surface area contributed by atoms with E-state index in [2.05, 4.69) is 36.1 Å². The molecule has 0 heterocycles. The van der Waals surface area contributed by atoms with Gasteiger partial charge < -0.3 is 15.4 Å². The van der Waals surface area contributed by atoms with Crippen LogP contribution in [0.25, 0.3) is 0 Å². The van der Waals surface area contributed by atoms with Crippen LogP contribution in [0.5, 0.6) is 0 Å². The SMILES string of the molecule is CCC(CC)C(C)NCC(NC(C)=O)C(=O)OC. The summed E-state index contributed by atoms with van der Waals surface area (Å²) in [6.45, 7) is 8.18. The van der Waals surface area contributed by atoms with Crippen molar-refractivity contribution in [3.8, 4) is 0 Å². The largest absolute Gasteiger partial charge is 0.467 e. The molecule has 2 atom stereocenters. The van der Waals surface area contributed by atoms with Gasteiger partial charge in [-0.3, -0.25) is 4.79 Å².